The van der Waals surface area contributed by atoms with Gasteiger partial charge < -0.3 is 37.2 Å². The van der Waals surface area contributed by atoms with Gasteiger partial charge in [-0.3, -0.25) is 0 Å². The minimum atomic E-state index is 1.03. The molecule has 0 spiro atoms. The van der Waals surface area contributed by atoms with Gasteiger partial charge in [-0.2, -0.15) is 0 Å². The van der Waals surface area contributed by atoms with Crippen LogP contribution in [0.15, 0.2) is 0 Å². The van der Waals surface area contributed by atoms with Crippen molar-refractivity contribution >= 4 is 0 Å². The van der Waals surface area contributed by atoms with Crippen molar-refractivity contribution in [3.05, 3.63) is 0 Å². The number of hydrogen-bond donors (Lipinski definition) is 7. The summed E-state index contributed by atoms with van der Waals surface area (Å²) in [4.78, 5) is 0. The molecule has 7 N–H and O–H groups in total. The summed E-state index contributed by atoms with van der Waals surface area (Å²) in [6, 6.07) is 0. The third-order valence-corrected chi connectivity index (χ3v) is 3.35. The van der Waals surface area contributed by atoms with Gasteiger partial charge in [0.1, 0.15) is 0 Å². The summed E-state index contributed by atoms with van der Waals surface area (Å²) >= 11 is 0. The van der Waals surface area contributed by atoms with Crippen LogP contribution in [-0.2, 0) is 0 Å². The van der Waals surface area contributed by atoms with Crippen LogP contribution in [0.1, 0.15) is 0 Å². The maximum atomic E-state index is 3.43. The third kappa shape index (κ3) is 14.4. The van der Waals surface area contributed by atoms with Crippen LogP contribution >= 0.6 is 0 Å². The second-order valence-electron chi connectivity index (χ2n) is 5.25. The van der Waals surface area contributed by atoms with Crippen molar-refractivity contribution in [3.8, 4) is 0 Å². The monoisotopic (exact) mass is 301 g/mol. The van der Waals surface area contributed by atoms with Crippen molar-refractivity contribution < 1.29 is 0 Å². The van der Waals surface area contributed by atoms with Gasteiger partial charge in [0.2, 0.25) is 0 Å². The average molecular weight is 301 g/mol. The quantitative estimate of drug-likeness (QED) is 0.259. The second-order valence-corrected chi connectivity index (χ2v) is 5.25. The maximum absolute atomic E-state index is 3.43. The van der Waals surface area contributed by atoms with Gasteiger partial charge in [-0.25, -0.2) is 0 Å². The predicted octanol–water partition coefficient (Wildman–Crippen LogP) is -2.87. The van der Waals surface area contributed by atoms with Crippen LogP contribution in [-0.4, -0.2) is 91.6 Å². The van der Waals surface area contributed by atoms with Gasteiger partial charge >= 0.3 is 0 Å². The van der Waals surface area contributed by atoms with E-state index in [2.05, 4.69) is 37.2 Å². The first-order chi connectivity index (χ1) is 10.5. The number of hydrogen-bond acceptors (Lipinski definition) is 7. The van der Waals surface area contributed by atoms with E-state index in [0.717, 1.165) is 91.6 Å². The molecule has 1 rings (SSSR count). The fourth-order valence-electron chi connectivity index (χ4n) is 2.11. The molecule has 126 valence electrons. The lowest BCUT2D eigenvalue weighted by Crippen LogP contribution is -2.37. The second kappa shape index (κ2) is 16.1. The van der Waals surface area contributed by atoms with Crippen LogP contribution in [0.4, 0.5) is 0 Å². The zero-order chi connectivity index (χ0) is 14.8. The van der Waals surface area contributed by atoms with Crippen molar-refractivity contribution in [1.29, 1.82) is 0 Å². The molecule has 7 nitrogen and oxygen atoms in total. The molecule has 1 fully saturated rings. The zero-order valence-electron chi connectivity index (χ0n) is 13.4. The Morgan fingerprint density at radius 1 is 0.190 bits per heavy atom. The Balaban J connectivity index is 2.00. The maximum Gasteiger partial charge on any atom is 0.00772 e. The van der Waals surface area contributed by atoms with E-state index >= 15 is 0 Å². The summed E-state index contributed by atoms with van der Waals surface area (Å²) in [5, 5.41) is 24.0. The standard InChI is InChI=1S/C14H35N7/c1-2-16-5-6-18-9-10-20-13-14-21-12-11-19-8-7-17-4-3-15-1/h15-21H,1-14H2. The molecule has 1 aliphatic heterocycles. The summed E-state index contributed by atoms with van der Waals surface area (Å²) in [5.74, 6) is 0. The Labute approximate surface area is 129 Å². The fourth-order valence-corrected chi connectivity index (χ4v) is 2.11. The van der Waals surface area contributed by atoms with E-state index in [4.69, 9.17) is 0 Å². The molecule has 0 bridgehead atoms. The molecule has 0 radical (unpaired) electrons. The van der Waals surface area contributed by atoms with E-state index in [1.165, 1.54) is 0 Å². The van der Waals surface area contributed by atoms with Crippen LogP contribution < -0.4 is 37.2 Å². The lowest BCUT2D eigenvalue weighted by atomic mass is 10.5. The molecule has 1 heterocycles. The summed E-state index contributed by atoms with van der Waals surface area (Å²) in [6.45, 7) is 14.5. The van der Waals surface area contributed by atoms with Crippen LogP contribution in [0.3, 0.4) is 0 Å². The van der Waals surface area contributed by atoms with Gasteiger partial charge in [0.15, 0.2) is 0 Å². The van der Waals surface area contributed by atoms with Crippen LogP contribution in [0, 0.1) is 0 Å². The summed E-state index contributed by atoms with van der Waals surface area (Å²) in [7, 11) is 0. The molecule has 0 saturated carbocycles. The van der Waals surface area contributed by atoms with Crippen LogP contribution in [0.25, 0.3) is 0 Å². The Morgan fingerprint density at radius 3 is 0.381 bits per heavy atom. The van der Waals surface area contributed by atoms with E-state index in [1.807, 2.05) is 0 Å². The highest BCUT2D eigenvalue weighted by Crippen LogP contribution is 1.66. The van der Waals surface area contributed by atoms with E-state index in [0.29, 0.717) is 0 Å². The number of nitrogens with one attached hydrogen (secondary N) is 7. The minimum absolute atomic E-state index is 1.03. The van der Waals surface area contributed by atoms with Gasteiger partial charge in [-0.15, -0.1) is 0 Å². The van der Waals surface area contributed by atoms with Crippen LogP contribution in [0.2, 0.25) is 0 Å². The summed E-state index contributed by atoms with van der Waals surface area (Å²) < 4.78 is 0. The minimum Gasteiger partial charge on any atom is -0.314 e. The highest BCUT2D eigenvalue weighted by atomic mass is 15.0. The normalized spacial score (nSPS) is 24.0. The van der Waals surface area contributed by atoms with Gasteiger partial charge in [0.25, 0.3) is 0 Å². The average Bonchev–Trinajstić information content (AvgIpc) is 2.50. The molecule has 0 aromatic carbocycles. The molecule has 0 amide bonds. The molecule has 0 atom stereocenters. The summed E-state index contributed by atoms with van der Waals surface area (Å²) in [6.07, 6.45) is 0. The molecule has 0 aliphatic carbocycles. The third-order valence-electron chi connectivity index (χ3n) is 3.35. The molecule has 0 aromatic rings. The molecule has 1 aliphatic rings. The van der Waals surface area contributed by atoms with Crippen molar-refractivity contribution in [2.45, 2.75) is 0 Å². The SMILES string of the molecule is C1CNCCNCCNCCNCCNCCNCCN1. The Hall–Kier alpha value is -0.280. The first-order valence-corrected chi connectivity index (χ1v) is 8.45. The zero-order valence-corrected chi connectivity index (χ0v) is 13.4. The fraction of sp³-hybridized carbons (Fsp3) is 1.00. The highest BCUT2D eigenvalue weighted by Gasteiger charge is 1.93. The largest absolute Gasteiger partial charge is 0.314 e. The Morgan fingerprint density at radius 2 is 0.286 bits per heavy atom. The Bertz CT molecular complexity index is 112. The lowest BCUT2D eigenvalue weighted by molar-refractivity contribution is 0.556. The van der Waals surface area contributed by atoms with E-state index in [-0.39, 0.29) is 0 Å². The summed E-state index contributed by atoms with van der Waals surface area (Å²) in [5.41, 5.74) is 0. The molecule has 0 aromatic heterocycles. The molecule has 1 saturated heterocycles. The van der Waals surface area contributed by atoms with E-state index < -0.39 is 0 Å². The molecular weight excluding hydrogens is 266 g/mol. The van der Waals surface area contributed by atoms with Gasteiger partial charge in [0, 0.05) is 91.6 Å². The molecule has 21 heavy (non-hydrogen) atoms. The topological polar surface area (TPSA) is 84.2 Å². The van der Waals surface area contributed by atoms with Crippen molar-refractivity contribution in [1.82, 2.24) is 37.2 Å². The molecule has 7 heteroatoms. The molecule has 0 unspecified atom stereocenters. The Kier molecular flexibility index (Phi) is 14.4. The van der Waals surface area contributed by atoms with E-state index in [1.54, 1.807) is 0 Å². The van der Waals surface area contributed by atoms with Crippen molar-refractivity contribution in [2.75, 3.05) is 91.6 Å². The molecular formula is C14H35N7. The first-order valence-electron chi connectivity index (χ1n) is 8.45. The van der Waals surface area contributed by atoms with Crippen molar-refractivity contribution in [3.63, 3.8) is 0 Å². The van der Waals surface area contributed by atoms with Gasteiger partial charge in [-0.05, 0) is 0 Å². The number of rotatable bonds is 0. The smallest absolute Gasteiger partial charge is 0.00772 e. The van der Waals surface area contributed by atoms with Crippen molar-refractivity contribution in [2.24, 2.45) is 0 Å². The predicted molar refractivity (Wildman–Crippen MR) is 90.1 cm³/mol. The lowest BCUT2D eigenvalue weighted by Gasteiger charge is -2.08. The van der Waals surface area contributed by atoms with Gasteiger partial charge in [-0.1, -0.05) is 0 Å². The highest BCUT2D eigenvalue weighted by molar-refractivity contribution is 4.60. The van der Waals surface area contributed by atoms with Crippen LogP contribution in [0.5, 0.6) is 0 Å². The first kappa shape index (κ1) is 18.8. The van der Waals surface area contributed by atoms with E-state index in [9.17, 15) is 0 Å². The van der Waals surface area contributed by atoms with Gasteiger partial charge in [0.05, 0.1) is 0 Å².